The summed E-state index contributed by atoms with van der Waals surface area (Å²) in [7, 11) is 1.42. The van der Waals surface area contributed by atoms with Gasteiger partial charge in [-0.2, -0.15) is 23.4 Å². The van der Waals surface area contributed by atoms with Gasteiger partial charge in [0.05, 0.1) is 37.1 Å². The maximum Gasteiger partial charge on any atom is 0.435 e. The molecule has 21 nitrogen and oxygen atoms in total. The first-order valence-electron chi connectivity index (χ1n) is 21.9. The number of imidazole rings is 2. The second kappa shape index (κ2) is 19.1. The molecule has 2 aromatic carbocycles. The van der Waals surface area contributed by atoms with E-state index in [0.29, 0.717) is 60.1 Å². The minimum absolute atomic E-state index is 0.0185. The van der Waals surface area contributed by atoms with E-state index in [1.807, 2.05) is 6.92 Å². The van der Waals surface area contributed by atoms with Gasteiger partial charge in [0.25, 0.3) is 11.8 Å². The van der Waals surface area contributed by atoms with Crippen molar-refractivity contribution in [2.75, 3.05) is 63.7 Å². The maximum absolute atomic E-state index is 13.8. The van der Waals surface area contributed by atoms with Crippen LogP contribution >= 0.6 is 0 Å². The van der Waals surface area contributed by atoms with Crippen molar-refractivity contribution in [1.29, 1.82) is 0 Å². The summed E-state index contributed by atoms with van der Waals surface area (Å²) in [6.45, 7) is 10.3. The molecular weight excluding hydrogens is 894 g/mol. The number of halogens is 3. The third kappa shape index (κ3) is 9.59. The van der Waals surface area contributed by atoms with Crippen LogP contribution in [-0.2, 0) is 37.1 Å². The topological polar surface area (TPSA) is 259 Å². The zero-order valence-corrected chi connectivity index (χ0v) is 37.8. The van der Waals surface area contributed by atoms with E-state index in [0.717, 1.165) is 30.9 Å². The molecule has 7 N–H and O–H groups in total. The van der Waals surface area contributed by atoms with Crippen LogP contribution < -0.4 is 36.9 Å². The molecule has 360 valence electrons. The lowest BCUT2D eigenvalue weighted by molar-refractivity contribution is -0.156. The van der Waals surface area contributed by atoms with Gasteiger partial charge < -0.3 is 40.1 Å². The number of likely N-dealkylation sites (tertiary alicyclic amines) is 1. The van der Waals surface area contributed by atoms with Crippen LogP contribution in [0.4, 0.5) is 25.1 Å². The van der Waals surface area contributed by atoms with Gasteiger partial charge in [0.1, 0.15) is 39.5 Å². The van der Waals surface area contributed by atoms with Gasteiger partial charge >= 0.3 is 6.18 Å². The summed E-state index contributed by atoms with van der Waals surface area (Å²) >= 11 is 0. The molecule has 0 bridgehead atoms. The van der Waals surface area contributed by atoms with E-state index in [1.165, 1.54) is 31.4 Å². The van der Waals surface area contributed by atoms with Crippen molar-refractivity contribution >= 4 is 57.6 Å². The zero-order valence-electron chi connectivity index (χ0n) is 37.8. The minimum atomic E-state index is -4.81. The number of amides is 4. The average Bonchev–Trinajstić information content (AvgIpc) is 4.08. The summed E-state index contributed by atoms with van der Waals surface area (Å²) in [5.74, 6) is -2.42. The van der Waals surface area contributed by atoms with E-state index in [4.69, 9.17) is 25.7 Å². The fourth-order valence-electron chi connectivity index (χ4n) is 8.50. The largest absolute Gasteiger partial charge is 0.494 e. The number of ether oxygens (including phenoxy) is 3. The van der Waals surface area contributed by atoms with Gasteiger partial charge in [-0.3, -0.25) is 44.1 Å². The first-order chi connectivity index (χ1) is 32.5. The molecule has 0 unspecified atom stereocenters. The molecule has 2 saturated heterocycles. The van der Waals surface area contributed by atoms with E-state index >= 15 is 0 Å². The number of nitrogens with zero attached hydrogens (tertiary/aromatic N) is 9. The van der Waals surface area contributed by atoms with Crippen molar-refractivity contribution in [3.05, 3.63) is 82.5 Å². The van der Waals surface area contributed by atoms with E-state index in [2.05, 4.69) is 41.0 Å². The second-order valence-electron chi connectivity index (χ2n) is 16.4. The summed E-state index contributed by atoms with van der Waals surface area (Å²) in [6, 6.07) is 8.16. The molecule has 6 heterocycles. The number of nitrogens with two attached hydrogens (primary N) is 2. The molecule has 0 saturated carbocycles. The Balaban J connectivity index is 1.13. The number of hydrogen-bond acceptors (Lipinski definition) is 13. The first kappa shape index (κ1) is 47.2. The van der Waals surface area contributed by atoms with E-state index in [1.54, 1.807) is 45.9 Å². The fraction of sp³-hybridized carbons (Fsp3) is 0.409. The van der Waals surface area contributed by atoms with Crippen LogP contribution in [0, 0.1) is 6.92 Å². The number of hydrogen-bond donors (Lipinski definition) is 5. The van der Waals surface area contributed by atoms with E-state index in [9.17, 15) is 32.3 Å². The summed E-state index contributed by atoms with van der Waals surface area (Å²) in [6.07, 6.45) is -0.743. The van der Waals surface area contributed by atoms with Crippen LogP contribution in [0.15, 0.2) is 48.6 Å². The Labute approximate surface area is 386 Å². The first-order valence-corrected chi connectivity index (χ1v) is 21.9. The lowest BCUT2D eigenvalue weighted by atomic mass is 9.92. The van der Waals surface area contributed by atoms with Crippen molar-refractivity contribution in [2.24, 2.45) is 11.5 Å². The van der Waals surface area contributed by atoms with E-state index < -0.39 is 35.5 Å². The summed E-state index contributed by atoms with van der Waals surface area (Å²) in [4.78, 5) is 63.9. The SMILES string of the molecule is CCn1nc(C)cc1C(=O)Nc1nc2cc(C(N)=O)cc(OC)c2n1C/C=C/Cn1c(NC(=O)c2cc(C(F)(F)F)nn2CC)nc2cc(C(N)=O)cc(OCCCN3CC4(CNCCO4)C3)c21. The standard InChI is InChI=1S/C44H51F3N14O7/c1-5-60-30(16-25(3)55-60)39(64)53-41-51-28-17-26(37(48)62)19-32(66-4)35(28)58(41)12-7-8-13-59-36-29(52-42(59)54-40(65)31-21-34(44(45,46)47)56-61(31)6-2)18-27(38(49)63)20-33(36)67-14-9-11-57-23-43(24-57)22-50-10-15-68-43/h7-8,16-21,50H,5-6,9-15,22-24H2,1-4H3,(H2,48,62)(H2,49,63)(H,51,53,64)(H,52,54,65)/b8-7+. The molecule has 24 heteroatoms. The summed E-state index contributed by atoms with van der Waals surface area (Å²) in [5, 5.41) is 16.9. The molecule has 0 aliphatic carbocycles. The number of methoxy groups -OCH3 is 1. The predicted octanol–water partition coefficient (Wildman–Crippen LogP) is 3.56. The number of nitrogens with one attached hydrogen (secondary N) is 3. The Bertz CT molecular complexity index is 2940. The molecule has 2 aliphatic heterocycles. The molecule has 0 atom stereocenters. The number of aromatic nitrogens is 8. The summed E-state index contributed by atoms with van der Waals surface area (Å²) < 4.78 is 65.0. The normalized spacial score (nSPS) is 15.0. The van der Waals surface area contributed by atoms with Crippen molar-refractivity contribution in [3.63, 3.8) is 0 Å². The van der Waals surface area contributed by atoms with Crippen LogP contribution in [0.2, 0.25) is 0 Å². The van der Waals surface area contributed by atoms with Crippen LogP contribution in [0.1, 0.15) is 73.3 Å². The zero-order chi connectivity index (χ0) is 48.5. The van der Waals surface area contributed by atoms with Gasteiger partial charge in [-0.25, -0.2) is 9.97 Å². The Morgan fingerprint density at radius 1 is 0.838 bits per heavy atom. The number of anilines is 2. The third-order valence-electron chi connectivity index (χ3n) is 11.7. The van der Waals surface area contributed by atoms with Crippen LogP contribution in [0.5, 0.6) is 11.5 Å². The lowest BCUT2D eigenvalue weighted by Crippen LogP contribution is -2.69. The van der Waals surface area contributed by atoms with Gasteiger partial charge in [-0.15, -0.1) is 0 Å². The molecular formula is C44H51F3N14O7. The maximum atomic E-state index is 13.8. The Kier molecular flexibility index (Phi) is 13.3. The van der Waals surface area contributed by atoms with Crippen LogP contribution in [0.3, 0.4) is 0 Å². The molecule has 6 aromatic rings. The van der Waals surface area contributed by atoms with Crippen LogP contribution in [-0.4, -0.2) is 126 Å². The molecule has 2 fully saturated rings. The minimum Gasteiger partial charge on any atom is -0.494 e. The Morgan fingerprint density at radius 3 is 1.93 bits per heavy atom. The summed E-state index contributed by atoms with van der Waals surface area (Å²) in [5.41, 5.74) is 12.0. The number of fused-ring (bicyclic) bond motifs is 2. The number of alkyl halides is 3. The number of primary amides is 2. The van der Waals surface area contributed by atoms with Gasteiger partial charge in [-0.1, -0.05) is 12.2 Å². The lowest BCUT2D eigenvalue weighted by Gasteiger charge is -2.51. The number of rotatable bonds is 18. The molecule has 4 aromatic heterocycles. The molecule has 68 heavy (non-hydrogen) atoms. The Hall–Kier alpha value is -7.31. The number of allylic oxidation sites excluding steroid dienone is 2. The highest BCUT2D eigenvalue weighted by molar-refractivity contribution is 6.05. The highest BCUT2D eigenvalue weighted by atomic mass is 19.4. The van der Waals surface area contributed by atoms with Gasteiger partial charge in [0.2, 0.25) is 23.7 Å². The number of morpholine rings is 1. The Morgan fingerprint density at radius 2 is 1.40 bits per heavy atom. The van der Waals surface area contributed by atoms with Crippen LogP contribution in [0.25, 0.3) is 22.1 Å². The van der Waals surface area contributed by atoms with Crippen molar-refractivity contribution < 1.29 is 46.6 Å². The molecule has 4 amide bonds. The highest BCUT2D eigenvalue weighted by Crippen LogP contribution is 2.34. The number of carbonyl (C=O) groups excluding carboxylic acids is 4. The highest BCUT2D eigenvalue weighted by Gasteiger charge is 2.44. The number of benzene rings is 2. The number of carbonyl (C=O) groups is 4. The van der Waals surface area contributed by atoms with Crippen molar-refractivity contribution in [3.8, 4) is 11.5 Å². The molecule has 0 radical (unpaired) electrons. The second-order valence-corrected chi connectivity index (χ2v) is 16.4. The van der Waals surface area contributed by atoms with Crippen molar-refractivity contribution in [2.45, 2.75) is 65.1 Å². The monoisotopic (exact) mass is 944 g/mol. The van der Waals surface area contributed by atoms with Gasteiger partial charge in [0.15, 0.2) is 5.69 Å². The third-order valence-corrected chi connectivity index (χ3v) is 11.7. The fourth-order valence-corrected chi connectivity index (χ4v) is 8.50. The molecule has 8 rings (SSSR count). The predicted molar refractivity (Wildman–Crippen MR) is 242 cm³/mol. The van der Waals surface area contributed by atoms with Crippen molar-refractivity contribution in [1.82, 2.24) is 48.9 Å². The van der Waals surface area contributed by atoms with Gasteiger partial charge in [0, 0.05) is 76.1 Å². The quantitative estimate of drug-likeness (QED) is 0.0611. The average molecular weight is 945 g/mol. The smallest absolute Gasteiger partial charge is 0.435 e. The van der Waals surface area contributed by atoms with Gasteiger partial charge in [-0.05, 0) is 57.5 Å². The molecule has 1 spiro atoms. The van der Waals surface area contributed by atoms with E-state index in [-0.39, 0.29) is 77.6 Å². The number of aryl methyl sites for hydroxylation is 3. The molecule has 2 aliphatic rings.